The summed E-state index contributed by atoms with van der Waals surface area (Å²) in [5.74, 6) is 0. The van der Waals surface area contributed by atoms with Crippen LogP contribution in [0.2, 0.25) is 0 Å². The molecule has 0 aromatic carbocycles. The predicted molar refractivity (Wildman–Crippen MR) is 32.2 cm³/mol. The molecule has 3 heteroatoms. The van der Waals surface area contributed by atoms with Gasteiger partial charge in [-0.15, -0.1) is 0 Å². The molecule has 3 N–H and O–H groups in total. The molecule has 8 heavy (non-hydrogen) atoms. The Balaban J connectivity index is 2.13. The van der Waals surface area contributed by atoms with Crippen molar-refractivity contribution in [3.05, 3.63) is 0 Å². The molecule has 1 heterocycles. The number of hydrogen-bond donors (Lipinski definition) is 2. The Labute approximate surface area is 49.6 Å². The highest BCUT2D eigenvalue weighted by Crippen LogP contribution is 1.98. The third-order valence-electron chi connectivity index (χ3n) is 1.37. The normalized spacial score (nSPS) is 30.4. The molecule has 1 atom stereocenters. The number of hydrogen-bond acceptors (Lipinski definition) is 2. The van der Waals surface area contributed by atoms with Gasteiger partial charge >= 0.3 is 0 Å². The van der Waals surface area contributed by atoms with Crippen molar-refractivity contribution in [2.45, 2.75) is 18.9 Å². The topological polar surface area (TPSA) is 52.1 Å². The van der Waals surface area contributed by atoms with E-state index in [1.165, 1.54) is 6.42 Å². The molecule has 0 aliphatic carbocycles. The van der Waals surface area contributed by atoms with Crippen LogP contribution in [0.4, 0.5) is 0 Å². The molecule has 0 aromatic heterocycles. The first-order valence-corrected chi connectivity index (χ1v) is 3.06. The molecule has 3 nitrogen and oxygen atoms in total. The van der Waals surface area contributed by atoms with E-state index in [-0.39, 0.29) is 0 Å². The van der Waals surface area contributed by atoms with Crippen molar-refractivity contribution in [3.63, 3.8) is 0 Å². The van der Waals surface area contributed by atoms with E-state index in [0.29, 0.717) is 12.6 Å². The van der Waals surface area contributed by atoms with Gasteiger partial charge in [-0.3, -0.25) is 0 Å². The van der Waals surface area contributed by atoms with Gasteiger partial charge in [0.25, 0.3) is 0 Å². The van der Waals surface area contributed by atoms with Crippen molar-refractivity contribution in [1.29, 1.82) is 0 Å². The van der Waals surface area contributed by atoms with Gasteiger partial charge in [0, 0.05) is 13.1 Å². The second-order valence-corrected chi connectivity index (χ2v) is 2.07. The molecule has 0 spiro atoms. The van der Waals surface area contributed by atoms with Gasteiger partial charge in [-0.05, 0) is 12.8 Å². The second-order valence-electron chi connectivity index (χ2n) is 2.07. The first kappa shape index (κ1) is 6.01. The van der Waals surface area contributed by atoms with Crippen LogP contribution >= 0.6 is 0 Å². The molecule has 1 rings (SSSR count). The summed E-state index contributed by atoms with van der Waals surface area (Å²) in [5.41, 5.74) is 12.4. The van der Waals surface area contributed by atoms with Crippen LogP contribution in [-0.4, -0.2) is 19.1 Å². The summed E-state index contributed by atoms with van der Waals surface area (Å²) in [6.45, 7) is 1.71. The largest absolute Gasteiger partial charge is 0.329 e. The van der Waals surface area contributed by atoms with E-state index in [9.17, 15) is 0 Å². The van der Waals surface area contributed by atoms with E-state index >= 15 is 0 Å². The van der Waals surface area contributed by atoms with Crippen molar-refractivity contribution in [3.8, 4) is 0 Å². The highest BCUT2D eigenvalue weighted by Gasteiger charge is 2.10. The Morgan fingerprint density at radius 1 is 1.75 bits per heavy atom. The standard InChI is InChI=1S/C5H12N3/c6-4-5-2-1-3-7-8-5/h5,7H,1-4,6H2. The Morgan fingerprint density at radius 3 is 3.00 bits per heavy atom. The highest BCUT2D eigenvalue weighted by molar-refractivity contribution is 4.68. The molecule has 1 aliphatic rings. The van der Waals surface area contributed by atoms with E-state index < -0.39 is 0 Å². The molecule has 0 bridgehead atoms. The van der Waals surface area contributed by atoms with Gasteiger partial charge in [-0.1, -0.05) is 0 Å². The quantitative estimate of drug-likeness (QED) is 0.469. The van der Waals surface area contributed by atoms with Gasteiger partial charge in [0.15, 0.2) is 0 Å². The Bertz CT molecular complexity index is 58.7. The Morgan fingerprint density at radius 2 is 2.62 bits per heavy atom. The lowest BCUT2D eigenvalue weighted by Crippen LogP contribution is -2.43. The van der Waals surface area contributed by atoms with Crippen LogP contribution in [0.25, 0.3) is 0 Å². The lowest BCUT2D eigenvalue weighted by Gasteiger charge is -2.19. The maximum absolute atomic E-state index is 5.37. The van der Waals surface area contributed by atoms with Gasteiger partial charge in [-0.2, -0.15) is 5.43 Å². The third-order valence-corrected chi connectivity index (χ3v) is 1.37. The maximum atomic E-state index is 5.37. The van der Waals surface area contributed by atoms with Crippen LogP contribution in [-0.2, 0) is 0 Å². The average molecular weight is 114 g/mol. The maximum Gasteiger partial charge on any atom is 0.0538 e. The zero-order valence-electron chi connectivity index (χ0n) is 4.93. The van der Waals surface area contributed by atoms with Crippen LogP contribution in [0.3, 0.4) is 0 Å². The fraction of sp³-hybridized carbons (Fsp3) is 1.00. The van der Waals surface area contributed by atoms with Crippen molar-refractivity contribution < 1.29 is 0 Å². The Hall–Kier alpha value is -0.120. The fourth-order valence-corrected chi connectivity index (χ4v) is 0.845. The zero-order valence-corrected chi connectivity index (χ0v) is 4.93. The molecule has 1 aliphatic heterocycles. The van der Waals surface area contributed by atoms with Crippen molar-refractivity contribution in [1.82, 2.24) is 10.9 Å². The molecule has 0 aromatic rings. The van der Waals surface area contributed by atoms with E-state index in [1.807, 2.05) is 0 Å². The summed E-state index contributed by atoms with van der Waals surface area (Å²) in [6, 6.07) is 0.378. The van der Waals surface area contributed by atoms with Gasteiger partial charge in [-0.25, -0.2) is 5.43 Å². The first-order valence-electron chi connectivity index (χ1n) is 3.06. The van der Waals surface area contributed by atoms with Crippen LogP contribution in [0.15, 0.2) is 0 Å². The second kappa shape index (κ2) is 3.02. The van der Waals surface area contributed by atoms with E-state index in [0.717, 1.165) is 13.0 Å². The van der Waals surface area contributed by atoms with Crippen LogP contribution < -0.4 is 16.6 Å². The lowest BCUT2D eigenvalue weighted by molar-refractivity contribution is 0.339. The highest BCUT2D eigenvalue weighted by atomic mass is 15.4. The van der Waals surface area contributed by atoms with E-state index in [2.05, 4.69) is 10.9 Å². The zero-order chi connectivity index (χ0) is 5.82. The van der Waals surface area contributed by atoms with Crippen LogP contribution in [0.1, 0.15) is 12.8 Å². The molecule has 1 fully saturated rings. The van der Waals surface area contributed by atoms with Crippen LogP contribution in [0.5, 0.6) is 0 Å². The van der Waals surface area contributed by atoms with Crippen molar-refractivity contribution in [2.75, 3.05) is 13.1 Å². The summed E-state index contributed by atoms with van der Waals surface area (Å²) < 4.78 is 0. The molecule has 0 amide bonds. The van der Waals surface area contributed by atoms with Crippen LogP contribution in [0, 0.1) is 0 Å². The summed E-state index contributed by atoms with van der Waals surface area (Å²) in [7, 11) is 0. The summed E-state index contributed by atoms with van der Waals surface area (Å²) in [5, 5.41) is 0. The van der Waals surface area contributed by atoms with E-state index in [4.69, 9.17) is 5.73 Å². The summed E-state index contributed by atoms with van der Waals surface area (Å²) in [4.78, 5) is 0. The number of rotatable bonds is 1. The fourth-order valence-electron chi connectivity index (χ4n) is 0.845. The van der Waals surface area contributed by atoms with Gasteiger partial charge in [0.2, 0.25) is 0 Å². The predicted octanol–water partition coefficient (Wildman–Crippen LogP) is -0.784. The monoisotopic (exact) mass is 114 g/mol. The molecular formula is C5H12N3. The molecule has 1 saturated heterocycles. The summed E-state index contributed by atoms with van der Waals surface area (Å²) >= 11 is 0. The van der Waals surface area contributed by atoms with Gasteiger partial charge < -0.3 is 5.73 Å². The van der Waals surface area contributed by atoms with Gasteiger partial charge in [0.05, 0.1) is 6.04 Å². The molecule has 47 valence electrons. The number of nitrogens with one attached hydrogen (secondary N) is 1. The summed E-state index contributed by atoms with van der Waals surface area (Å²) in [6.07, 6.45) is 2.37. The molecule has 1 radical (unpaired) electrons. The molecule has 1 unspecified atom stereocenters. The molecular weight excluding hydrogens is 102 g/mol. The minimum absolute atomic E-state index is 0.378. The van der Waals surface area contributed by atoms with Crippen molar-refractivity contribution >= 4 is 0 Å². The minimum Gasteiger partial charge on any atom is -0.329 e. The van der Waals surface area contributed by atoms with Gasteiger partial charge in [0.1, 0.15) is 0 Å². The smallest absolute Gasteiger partial charge is 0.0538 e. The first-order chi connectivity index (χ1) is 3.93. The average Bonchev–Trinajstić information content (AvgIpc) is 1.90. The van der Waals surface area contributed by atoms with E-state index in [1.54, 1.807) is 0 Å². The van der Waals surface area contributed by atoms with Crippen molar-refractivity contribution in [2.24, 2.45) is 5.73 Å². The third kappa shape index (κ3) is 1.43. The molecule has 0 saturated carbocycles. The minimum atomic E-state index is 0.378. The lowest BCUT2D eigenvalue weighted by atomic mass is 10.1. The number of nitrogens with two attached hydrogens (primary N) is 1. The number of nitrogens with zero attached hydrogens (tertiary/aromatic N) is 1. The Kier molecular flexibility index (Phi) is 2.27. The SMILES string of the molecule is NCC1CCCN[N]1.